The van der Waals surface area contributed by atoms with E-state index in [2.05, 4.69) is 31.6 Å². The molecule has 0 radical (unpaired) electrons. The van der Waals surface area contributed by atoms with Crippen LogP contribution >= 0.6 is 15.9 Å². The van der Waals surface area contributed by atoms with Gasteiger partial charge in [-0.15, -0.1) is 0 Å². The molecule has 1 aliphatic rings. The second kappa shape index (κ2) is 4.56. The highest BCUT2D eigenvalue weighted by Crippen LogP contribution is 2.33. The monoisotopic (exact) mass is 307 g/mol. The standard InChI is InChI=1S/C10H9BrF3N3/c11-7-3-6(10(12,13)14)4-8(5-7)17-9-15-1-2-16-9/h3-5H,1-2H2,(H2,15,16,17). The van der Waals surface area contributed by atoms with Gasteiger partial charge in [0, 0.05) is 16.7 Å². The van der Waals surface area contributed by atoms with Crippen LogP contribution in [0.5, 0.6) is 0 Å². The average Bonchev–Trinajstić information content (AvgIpc) is 2.68. The quantitative estimate of drug-likeness (QED) is 0.837. The number of hydrogen-bond acceptors (Lipinski definition) is 3. The van der Waals surface area contributed by atoms with E-state index in [4.69, 9.17) is 0 Å². The Morgan fingerprint density at radius 3 is 2.65 bits per heavy atom. The van der Waals surface area contributed by atoms with Gasteiger partial charge in [0.25, 0.3) is 0 Å². The predicted molar refractivity (Wildman–Crippen MR) is 63.1 cm³/mol. The van der Waals surface area contributed by atoms with E-state index in [1.165, 1.54) is 0 Å². The van der Waals surface area contributed by atoms with Crippen LogP contribution in [0, 0.1) is 0 Å². The summed E-state index contributed by atoms with van der Waals surface area (Å²) in [4.78, 5) is 4.05. The largest absolute Gasteiger partial charge is 0.416 e. The first-order chi connectivity index (χ1) is 7.95. The Morgan fingerprint density at radius 2 is 2.06 bits per heavy atom. The minimum atomic E-state index is -4.36. The molecule has 1 aromatic carbocycles. The van der Waals surface area contributed by atoms with Crippen molar-refractivity contribution >= 4 is 27.6 Å². The summed E-state index contributed by atoms with van der Waals surface area (Å²) in [6, 6.07) is 3.65. The number of aliphatic imine (C=N–C) groups is 1. The third kappa shape index (κ3) is 3.12. The van der Waals surface area contributed by atoms with Crippen molar-refractivity contribution in [1.29, 1.82) is 0 Å². The molecule has 0 aliphatic carbocycles. The van der Waals surface area contributed by atoms with Crippen LogP contribution < -0.4 is 10.6 Å². The molecule has 0 saturated heterocycles. The van der Waals surface area contributed by atoms with Crippen LogP contribution in [-0.4, -0.2) is 19.0 Å². The maximum Gasteiger partial charge on any atom is 0.416 e. The highest BCUT2D eigenvalue weighted by molar-refractivity contribution is 9.10. The highest BCUT2D eigenvalue weighted by atomic mass is 79.9. The smallest absolute Gasteiger partial charge is 0.354 e. The van der Waals surface area contributed by atoms with Crippen molar-refractivity contribution in [2.75, 3.05) is 18.4 Å². The second-order valence-corrected chi connectivity index (χ2v) is 4.42. The zero-order valence-electron chi connectivity index (χ0n) is 8.61. The molecule has 7 heteroatoms. The fourth-order valence-electron chi connectivity index (χ4n) is 1.44. The number of nitrogens with zero attached hydrogens (tertiary/aromatic N) is 1. The summed E-state index contributed by atoms with van der Waals surface area (Å²) in [5.74, 6) is 0.497. The van der Waals surface area contributed by atoms with Crippen molar-refractivity contribution in [2.24, 2.45) is 4.99 Å². The Balaban J connectivity index is 2.25. The van der Waals surface area contributed by atoms with Gasteiger partial charge in [0.05, 0.1) is 12.1 Å². The Bertz CT molecular complexity index is 457. The number of alkyl halides is 3. The second-order valence-electron chi connectivity index (χ2n) is 3.51. The van der Waals surface area contributed by atoms with Crippen molar-refractivity contribution in [3.05, 3.63) is 28.2 Å². The van der Waals surface area contributed by atoms with Crippen molar-refractivity contribution in [1.82, 2.24) is 5.32 Å². The third-order valence-electron chi connectivity index (χ3n) is 2.16. The minimum absolute atomic E-state index is 0.347. The summed E-state index contributed by atoms with van der Waals surface area (Å²) in [6.07, 6.45) is -4.36. The van der Waals surface area contributed by atoms with Gasteiger partial charge in [0.1, 0.15) is 0 Å². The molecule has 0 bridgehead atoms. The van der Waals surface area contributed by atoms with E-state index in [-0.39, 0.29) is 0 Å². The summed E-state index contributed by atoms with van der Waals surface area (Å²) in [6.45, 7) is 1.32. The number of halogens is 4. The lowest BCUT2D eigenvalue weighted by Crippen LogP contribution is -2.26. The number of anilines is 1. The molecule has 0 fully saturated rings. The van der Waals surface area contributed by atoms with Gasteiger partial charge in [-0.25, -0.2) is 0 Å². The normalized spacial score (nSPS) is 15.4. The lowest BCUT2D eigenvalue weighted by atomic mass is 10.2. The molecule has 3 nitrogen and oxygen atoms in total. The highest BCUT2D eigenvalue weighted by Gasteiger charge is 2.31. The van der Waals surface area contributed by atoms with E-state index in [1.54, 1.807) is 6.07 Å². The van der Waals surface area contributed by atoms with Crippen LogP contribution in [0.15, 0.2) is 27.7 Å². The van der Waals surface area contributed by atoms with Crippen molar-refractivity contribution in [3.8, 4) is 0 Å². The number of rotatable bonds is 1. The Kier molecular flexibility index (Phi) is 3.28. The molecule has 1 aliphatic heterocycles. The van der Waals surface area contributed by atoms with Gasteiger partial charge in [-0.05, 0) is 18.2 Å². The first-order valence-corrected chi connectivity index (χ1v) is 5.67. The molecule has 0 unspecified atom stereocenters. The van der Waals surface area contributed by atoms with E-state index >= 15 is 0 Å². The van der Waals surface area contributed by atoms with Gasteiger partial charge in [-0.3, -0.25) is 4.99 Å². The molecule has 17 heavy (non-hydrogen) atoms. The molecule has 2 N–H and O–H groups in total. The van der Waals surface area contributed by atoms with E-state index < -0.39 is 11.7 Å². The van der Waals surface area contributed by atoms with E-state index in [0.29, 0.717) is 29.2 Å². The summed E-state index contributed by atoms with van der Waals surface area (Å²) >= 11 is 3.05. The minimum Gasteiger partial charge on any atom is -0.354 e. The first kappa shape index (κ1) is 12.2. The van der Waals surface area contributed by atoms with Crippen LogP contribution in [0.3, 0.4) is 0 Å². The molecule has 0 saturated carbocycles. The lowest BCUT2D eigenvalue weighted by molar-refractivity contribution is -0.137. The molecule has 92 valence electrons. The predicted octanol–water partition coefficient (Wildman–Crippen LogP) is 2.84. The number of hydrogen-bond donors (Lipinski definition) is 2. The van der Waals surface area contributed by atoms with Gasteiger partial charge >= 0.3 is 6.18 Å². The van der Waals surface area contributed by atoms with Crippen LogP contribution in [0.25, 0.3) is 0 Å². The van der Waals surface area contributed by atoms with Gasteiger partial charge in [-0.1, -0.05) is 15.9 Å². The summed E-state index contributed by atoms with van der Waals surface area (Å²) in [7, 11) is 0. The maximum atomic E-state index is 12.6. The Morgan fingerprint density at radius 1 is 1.29 bits per heavy atom. The van der Waals surface area contributed by atoms with E-state index in [1.807, 2.05) is 0 Å². The molecular weight excluding hydrogens is 299 g/mol. The molecule has 0 spiro atoms. The van der Waals surface area contributed by atoms with Crippen LogP contribution in [0.1, 0.15) is 5.56 Å². The fourth-order valence-corrected chi connectivity index (χ4v) is 1.94. The van der Waals surface area contributed by atoms with Gasteiger partial charge in [0.2, 0.25) is 0 Å². The number of nitrogens with one attached hydrogen (secondary N) is 2. The third-order valence-corrected chi connectivity index (χ3v) is 2.62. The van der Waals surface area contributed by atoms with Crippen LogP contribution in [0.4, 0.5) is 18.9 Å². The summed E-state index contributed by atoms with van der Waals surface area (Å²) in [5.41, 5.74) is -0.354. The SMILES string of the molecule is FC(F)(F)c1cc(Br)cc(NC2=NCCN2)c1. The molecule has 0 atom stereocenters. The van der Waals surface area contributed by atoms with E-state index in [0.717, 1.165) is 12.1 Å². The number of benzene rings is 1. The molecule has 2 rings (SSSR count). The first-order valence-electron chi connectivity index (χ1n) is 4.88. The Hall–Kier alpha value is -1.24. The van der Waals surface area contributed by atoms with Crippen LogP contribution in [-0.2, 0) is 6.18 Å². The maximum absolute atomic E-state index is 12.6. The molecule has 1 aromatic rings. The molecule has 0 amide bonds. The van der Waals surface area contributed by atoms with Crippen molar-refractivity contribution < 1.29 is 13.2 Å². The average molecular weight is 308 g/mol. The summed E-state index contributed by atoms with van der Waals surface area (Å²) < 4.78 is 38.1. The molecular formula is C10H9BrF3N3. The molecule has 1 heterocycles. The van der Waals surface area contributed by atoms with Crippen LogP contribution in [0.2, 0.25) is 0 Å². The van der Waals surface area contributed by atoms with Gasteiger partial charge in [0.15, 0.2) is 5.96 Å². The van der Waals surface area contributed by atoms with E-state index in [9.17, 15) is 13.2 Å². The number of guanidine groups is 1. The van der Waals surface area contributed by atoms with Gasteiger partial charge in [-0.2, -0.15) is 13.2 Å². The zero-order chi connectivity index (χ0) is 12.5. The zero-order valence-corrected chi connectivity index (χ0v) is 10.2. The fraction of sp³-hybridized carbons (Fsp3) is 0.300. The van der Waals surface area contributed by atoms with Crippen molar-refractivity contribution in [3.63, 3.8) is 0 Å². The lowest BCUT2D eigenvalue weighted by Gasteiger charge is -2.11. The molecule has 0 aromatic heterocycles. The van der Waals surface area contributed by atoms with Gasteiger partial charge < -0.3 is 10.6 Å². The van der Waals surface area contributed by atoms with Crippen molar-refractivity contribution in [2.45, 2.75) is 6.18 Å². The Labute approximate surface area is 104 Å². The summed E-state index contributed by atoms with van der Waals surface area (Å²) in [5, 5.41) is 5.73. The topological polar surface area (TPSA) is 36.4 Å².